The van der Waals surface area contributed by atoms with Gasteiger partial charge in [-0.2, -0.15) is 0 Å². The predicted octanol–water partition coefficient (Wildman–Crippen LogP) is 6.39. The molecule has 3 rings (SSSR count). The van der Waals surface area contributed by atoms with E-state index >= 15 is 0 Å². The molecular weight excluding hydrogens is 472 g/mol. The number of fused-ring (bicyclic) bond motifs is 2. The Morgan fingerprint density at radius 1 is 0.676 bits per heavy atom. The maximum absolute atomic E-state index is 13.0. The molecule has 0 amide bonds. The predicted molar refractivity (Wildman–Crippen MR) is 136 cm³/mol. The maximum Gasteiger partial charge on any atom is 0.204 e. The van der Waals surface area contributed by atoms with Crippen molar-refractivity contribution in [3.63, 3.8) is 0 Å². The third-order valence-corrected chi connectivity index (χ3v) is 9.74. The lowest BCUT2D eigenvalue weighted by Crippen LogP contribution is -2.16. The van der Waals surface area contributed by atoms with E-state index in [2.05, 4.69) is 27.7 Å². The van der Waals surface area contributed by atoms with Gasteiger partial charge >= 0.3 is 0 Å². The van der Waals surface area contributed by atoms with E-state index in [4.69, 9.17) is 9.47 Å². The number of hydrogen-bond acceptors (Lipinski definition) is 6. The highest BCUT2D eigenvalue weighted by Crippen LogP contribution is 2.51. The van der Waals surface area contributed by atoms with Crippen molar-refractivity contribution in [2.75, 3.05) is 13.2 Å². The molecule has 1 aromatic rings. The molecule has 190 valence electrons. The van der Waals surface area contributed by atoms with E-state index in [0.717, 1.165) is 62.2 Å². The molecule has 1 aromatic carbocycles. The van der Waals surface area contributed by atoms with Gasteiger partial charge in [0.05, 0.1) is 13.2 Å². The smallest absolute Gasteiger partial charge is 0.204 e. The molecule has 34 heavy (non-hydrogen) atoms. The lowest BCUT2D eigenvalue weighted by Gasteiger charge is -2.23. The minimum atomic E-state index is -3.76. The molecule has 0 saturated heterocycles. The molecule has 0 spiro atoms. The van der Waals surface area contributed by atoms with E-state index in [1.807, 2.05) is 0 Å². The van der Waals surface area contributed by atoms with Crippen molar-refractivity contribution in [3.05, 3.63) is 21.9 Å². The summed E-state index contributed by atoms with van der Waals surface area (Å²) >= 11 is 0. The SMILES string of the molecule is CCCCC(CC)COc1c2c(c(OCC(CC)CCCC)c3c1S(=O)(=O)C=C3)S(=O)(=O)C=C2. The maximum atomic E-state index is 13.0. The van der Waals surface area contributed by atoms with Gasteiger partial charge in [0, 0.05) is 21.9 Å². The van der Waals surface area contributed by atoms with E-state index in [1.165, 1.54) is 12.2 Å². The molecule has 2 aliphatic rings. The molecule has 8 heteroatoms. The van der Waals surface area contributed by atoms with Crippen LogP contribution in [0.1, 0.15) is 90.2 Å². The Bertz CT molecular complexity index is 1050. The van der Waals surface area contributed by atoms with Gasteiger partial charge in [-0.3, -0.25) is 0 Å². The zero-order valence-corrected chi connectivity index (χ0v) is 22.4. The van der Waals surface area contributed by atoms with Crippen LogP contribution >= 0.6 is 0 Å². The second kappa shape index (κ2) is 11.3. The first kappa shape index (κ1) is 26.8. The summed E-state index contributed by atoms with van der Waals surface area (Å²) in [5, 5.41) is 2.23. The minimum absolute atomic E-state index is 0.0231. The summed E-state index contributed by atoms with van der Waals surface area (Å²) in [6, 6.07) is 0. The van der Waals surface area contributed by atoms with Crippen LogP contribution in [0.3, 0.4) is 0 Å². The monoisotopic (exact) mass is 510 g/mol. The summed E-state index contributed by atoms with van der Waals surface area (Å²) in [5.41, 5.74) is 0.570. The Labute approximate surface area is 205 Å². The molecule has 6 nitrogen and oxygen atoms in total. The first-order valence-electron chi connectivity index (χ1n) is 12.6. The average Bonchev–Trinajstić information content (AvgIpc) is 3.30. The van der Waals surface area contributed by atoms with Gasteiger partial charge < -0.3 is 9.47 Å². The van der Waals surface area contributed by atoms with Crippen LogP contribution in [0.2, 0.25) is 0 Å². The number of sulfone groups is 2. The average molecular weight is 511 g/mol. The summed E-state index contributed by atoms with van der Waals surface area (Å²) in [5.74, 6) is 0.801. The van der Waals surface area contributed by atoms with Crippen molar-refractivity contribution in [1.82, 2.24) is 0 Å². The van der Waals surface area contributed by atoms with Crippen molar-refractivity contribution in [1.29, 1.82) is 0 Å². The normalized spacial score (nSPS) is 18.5. The van der Waals surface area contributed by atoms with Gasteiger partial charge in [0.25, 0.3) is 0 Å². The fraction of sp³-hybridized carbons (Fsp3) is 0.615. The summed E-state index contributed by atoms with van der Waals surface area (Å²) in [4.78, 5) is 0.0462. The molecule has 2 atom stereocenters. The van der Waals surface area contributed by atoms with Crippen molar-refractivity contribution in [3.8, 4) is 11.5 Å². The second-order valence-corrected chi connectivity index (χ2v) is 12.8. The van der Waals surface area contributed by atoms with Crippen LogP contribution in [-0.2, 0) is 19.7 Å². The van der Waals surface area contributed by atoms with Gasteiger partial charge in [-0.1, -0.05) is 66.2 Å². The van der Waals surface area contributed by atoms with Crippen LogP contribution in [0.25, 0.3) is 12.2 Å². The Morgan fingerprint density at radius 2 is 1.06 bits per heavy atom. The van der Waals surface area contributed by atoms with Gasteiger partial charge in [0.15, 0.2) is 0 Å². The number of rotatable bonds is 14. The zero-order valence-electron chi connectivity index (χ0n) is 20.8. The molecule has 0 bridgehead atoms. The van der Waals surface area contributed by atoms with Crippen molar-refractivity contribution < 1.29 is 26.3 Å². The molecule has 0 aromatic heterocycles. The summed E-state index contributed by atoms with van der Waals surface area (Å²) in [6.45, 7) is 9.11. The highest BCUT2D eigenvalue weighted by Gasteiger charge is 2.39. The second-order valence-electron chi connectivity index (χ2n) is 9.29. The largest absolute Gasteiger partial charge is 0.491 e. The summed E-state index contributed by atoms with van der Waals surface area (Å²) in [7, 11) is -7.52. The van der Waals surface area contributed by atoms with Crippen molar-refractivity contribution in [2.45, 2.75) is 88.9 Å². The highest BCUT2D eigenvalue weighted by molar-refractivity contribution is 7.95. The molecule has 0 N–H and O–H groups in total. The van der Waals surface area contributed by atoms with E-state index in [1.54, 1.807) is 0 Å². The number of ether oxygens (including phenoxy) is 2. The molecule has 0 aliphatic carbocycles. The number of unbranched alkanes of at least 4 members (excludes halogenated alkanes) is 2. The van der Waals surface area contributed by atoms with E-state index < -0.39 is 19.7 Å². The topological polar surface area (TPSA) is 86.7 Å². The zero-order chi connectivity index (χ0) is 24.9. The summed E-state index contributed by atoms with van der Waals surface area (Å²) < 4.78 is 64.3. The Hall–Kier alpha value is -1.80. The molecule has 2 aliphatic heterocycles. The van der Waals surface area contributed by atoms with Crippen LogP contribution in [0.4, 0.5) is 0 Å². The van der Waals surface area contributed by atoms with Gasteiger partial charge in [0.1, 0.15) is 21.3 Å². The first-order valence-corrected chi connectivity index (χ1v) is 15.6. The molecule has 2 unspecified atom stereocenters. The van der Waals surface area contributed by atoms with E-state index in [-0.39, 0.29) is 44.3 Å². The molecule has 0 saturated carbocycles. The van der Waals surface area contributed by atoms with Crippen LogP contribution in [0.5, 0.6) is 11.5 Å². The Morgan fingerprint density at radius 3 is 1.38 bits per heavy atom. The Kier molecular flexibility index (Phi) is 8.90. The van der Waals surface area contributed by atoms with Crippen LogP contribution < -0.4 is 9.47 Å². The Balaban J connectivity index is 2.06. The fourth-order valence-electron chi connectivity index (χ4n) is 4.50. The third-order valence-electron chi connectivity index (χ3n) is 6.80. The quantitative estimate of drug-likeness (QED) is 0.288. The van der Waals surface area contributed by atoms with Crippen molar-refractivity contribution >= 4 is 31.8 Å². The first-order chi connectivity index (χ1) is 16.2. The van der Waals surface area contributed by atoms with E-state index in [9.17, 15) is 16.8 Å². The van der Waals surface area contributed by atoms with Crippen LogP contribution in [-0.4, -0.2) is 30.0 Å². The van der Waals surface area contributed by atoms with E-state index in [0.29, 0.717) is 13.2 Å². The van der Waals surface area contributed by atoms with Crippen molar-refractivity contribution in [2.24, 2.45) is 11.8 Å². The standard InChI is InChI=1S/C26H38O6S2/c1-5-9-11-19(7-3)17-31-23-21-13-15-34(29,30)26(21)24(22-14-16-33(27,28)25(22)23)32-18-20(8-4)12-10-6-2/h13-16,19-20H,5-12,17-18H2,1-4H3. The summed E-state index contributed by atoms with van der Waals surface area (Å²) in [6.07, 6.45) is 10.9. The van der Waals surface area contributed by atoms with Gasteiger partial charge in [-0.15, -0.1) is 0 Å². The fourth-order valence-corrected chi connectivity index (χ4v) is 7.19. The molecule has 0 radical (unpaired) electrons. The van der Waals surface area contributed by atoms with Crippen LogP contribution in [0.15, 0.2) is 20.6 Å². The number of hydrogen-bond donors (Lipinski definition) is 0. The van der Waals surface area contributed by atoms with Gasteiger partial charge in [0.2, 0.25) is 19.7 Å². The highest BCUT2D eigenvalue weighted by atomic mass is 32.2. The molecular formula is C26H38O6S2. The van der Waals surface area contributed by atoms with Crippen LogP contribution in [0, 0.1) is 11.8 Å². The van der Waals surface area contributed by atoms with Gasteiger partial charge in [-0.05, 0) is 36.8 Å². The lowest BCUT2D eigenvalue weighted by molar-refractivity contribution is 0.219. The minimum Gasteiger partial charge on any atom is -0.491 e. The number of benzene rings is 1. The lowest BCUT2D eigenvalue weighted by atomic mass is 10.00. The molecule has 0 fully saturated rings. The third kappa shape index (κ3) is 5.54. The molecule has 2 heterocycles. The van der Waals surface area contributed by atoms with Gasteiger partial charge in [-0.25, -0.2) is 16.8 Å².